The quantitative estimate of drug-likeness (QED) is 0.170. The number of aromatic nitrogens is 5. The Morgan fingerprint density at radius 3 is 2.57 bits per heavy atom. The number of likely N-dealkylation sites (N-methyl/N-ethyl adjacent to an activating group) is 1. The fourth-order valence-electron chi connectivity index (χ4n) is 5.71. The number of anilines is 5. The fourth-order valence-corrected chi connectivity index (χ4v) is 7.57. The van der Waals surface area contributed by atoms with Gasteiger partial charge in [0.1, 0.15) is 17.2 Å². The molecular weight excluding hydrogens is 589 g/mol. The second-order valence-corrected chi connectivity index (χ2v) is 14.1. The number of H-pyrrole nitrogens is 1. The molecule has 1 saturated heterocycles. The number of ether oxygens (including phenoxy) is 1. The molecule has 0 aliphatic carbocycles. The fraction of sp³-hybridized carbons (Fsp3) is 0.250. The van der Waals surface area contributed by atoms with Crippen LogP contribution in [0, 0.1) is 0 Å². The van der Waals surface area contributed by atoms with E-state index in [1.165, 1.54) is 11.3 Å². The summed E-state index contributed by atoms with van der Waals surface area (Å²) in [5.74, 6) is 1.90. The molecule has 5 heterocycles. The lowest BCUT2D eigenvalue weighted by atomic mass is 10.0. The number of fused-ring (bicyclic) bond motifs is 2. The number of rotatable bonds is 8. The number of methoxy groups -OCH3 is 1. The van der Waals surface area contributed by atoms with Gasteiger partial charge in [0.25, 0.3) is 0 Å². The zero-order chi connectivity index (χ0) is 30.2. The molecular formula is C32H34N9OPS. The van der Waals surface area contributed by atoms with Crippen molar-refractivity contribution in [1.29, 1.82) is 0 Å². The number of thiophene rings is 1. The van der Waals surface area contributed by atoms with Crippen LogP contribution in [0.4, 0.5) is 28.8 Å². The third-order valence-electron chi connectivity index (χ3n) is 7.97. The molecule has 0 unspecified atom stereocenters. The van der Waals surface area contributed by atoms with Crippen LogP contribution < -0.4 is 25.6 Å². The van der Waals surface area contributed by atoms with Gasteiger partial charge >= 0.3 is 0 Å². The molecule has 0 amide bonds. The summed E-state index contributed by atoms with van der Waals surface area (Å²) >= 11 is 1.70. The molecule has 12 heteroatoms. The first-order chi connectivity index (χ1) is 21.5. The molecule has 0 bridgehead atoms. The zero-order valence-corrected chi connectivity index (χ0v) is 26.8. The minimum absolute atomic E-state index is 0.460. The lowest BCUT2D eigenvalue weighted by molar-refractivity contribution is 0.313. The number of piperazine rings is 1. The first kappa shape index (κ1) is 28.5. The van der Waals surface area contributed by atoms with Crippen molar-refractivity contribution in [1.82, 2.24) is 29.8 Å². The number of hydrogen-bond acceptors (Lipinski definition) is 10. The van der Waals surface area contributed by atoms with E-state index >= 15 is 0 Å². The molecule has 0 saturated carbocycles. The topological polar surface area (TPSA) is 107 Å². The van der Waals surface area contributed by atoms with Gasteiger partial charge in [0.2, 0.25) is 5.95 Å². The van der Waals surface area contributed by atoms with Crippen molar-refractivity contribution in [2.75, 3.05) is 69.2 Å². The summed E-state index contributed by atoms with van der Waals surface area (Å²) in [7, 11) is 3.40. The molecule has 1 fully saturated rings. The van der Waals surface area contributed by atoms with E-state index in [4.69, 9.17) is 14.7 Å². The van der Waals surface area contributed by atoms with Crippen LogP contribution in [0.25, 0.3) is 33.2 Å². The Labute approximate surface area is 261 Å². The summed E-state index contributed by atoms with van der Waals surface area (Å²) < 4.78 is 5.94. The Balaban J connectivity index is 1.29. The highest BCUT2D eigenvalue weighted by molar-refractivity contribution is 7.65. The Morgan fingerprint density at radius 1 is 0.955 bits per heavy atom. The van der Waals surface area contributed by atoms with Gasteiger partial charge in [-0.15, -0.1) is 0 Å². The minimum atomic E-state index is -0.486. The molecule has 224 valence electrons. The molecule has 4 aromatic heterocycles. The van der Waals surface area contributed by atoms with Gasteiger partial charge in [0.05, 0.1) is 29.2 Å². The summed E-state index contributed by atoms with van der Waals surface area (Å²) in [5, 5.41) is 13.5. The normalized spacial score (nSPS) is 14.1. The highest BCUT2D eigenvalue weighted by Gasteiger charge is 2.22. The number of aromatic amines is 1. The van der Waals surface area contributed by atoms with E-state index in [-0.39, 0.29) is 0 Å². The van der Waals surface area contributed by atoms with Crippen LogP contribution in [-0.2, 0) is 0 Å². The van der Waals surface area contributed by atoms with Gasteiger partial charge in [-0.25, -0.2) is 0 Å². The molecule has 3 N–H and O–H groups in total. The Kier molecular flexibility index (Phi) is 7.76. The lowest BCUT2D eigenvalue weighted by Crippen LogP contribution is -2.44. The first-order valence-electron chi connectivity index (χ1n) is 14.5. The number of hydrogen-bond donors (Lipinski definition) is 3. The van der Waals surface area contributed by atoms with Crippen LogP contribution in [-0.4, -0.2) is 83.5 Å². The van der Waals surface area contributed by atoms with Crippen LogP contribution in [0.2, 0.25) is 0 Å². The molecule has 0 radical (unpaired) electrons. The highest BCUT2D eigenvalue weighted by atomic mass is 32.1. The van der Waals surface area contributed by atoms with Gasteiger partial charge in [-0.1, -0.05) is 7.92 Å². The highest BCUT2D eigenvalue weighted by Crippen LogP contribution is 2.42. The number of benzene rings is 2. The van der Waals surface area contributed by atoms with Crippen molar-refractivity contribution >= 4 is 75.5 Å². The average Bonchev–Trinajstić information content (AvgIpc) is 3.74. The first-order valence-corrected chi connectivity index (χ1v) is 17.6. The molecule has 6 aromatic rings. The molecule has 0 spiro atoms. The maximum atomic E-state index is 5.94. The largest absolute Gasteiger partial charge is 0.494 e. The van der Waals surface area contributed by atoms with E-state index in [1.807, 2.05) is 18.3 Å². The third-order valence-corrected chi connectivity index (χ3v) is 10.0. The maximum absolute atomic E-state index is 5.94. The predicted octanol–water partition coefficient (Wildman–Crippen LogP) is 6.24. The van der Waals surface area contributed by atoms with Crippen molar-refractivity contribution in [3.05, 3.63) is 65.7 Å². The van der Waals surface area contributed by atoms with Gasteiger partial charge in [-0.05, 0) is 67.0 Å². The standard InChI is InChI=1S/C32H34N9OPS/c1-40-12-14-41(15-13-40)26-18-27(42-2)25(17-22(26)20-8-16-44-19-20)37-32-38-30-21(7-9-35-30)31(39-32)36-24-6-5-23-28(29(24)43(3)4)34-11-10-33-23/h5-11,16-19H,12-15H2,1-4H3,(H3,35,36,37,38,39). The van der Waals surface area contributed by atoms with Crippen LogP contribution in [0.15, 0.2) is 65.7 Å². The van der Waals surface area contributed by atoms with E-state index in [0.717, 1.165) is 76.2 Å². The summed E-state index contributed by atoms with van der Waals surface area (Å²) in [6.45, 7) is 8.43. The average molecular weight is 624 g/mol. The van der Waals surface area contributed by atoms with E-state index in [9.17, 15) is 0 Å². The van der Waals surface area contributed by atoms with E-state index in [2.05, 4.69) is 90.8 Å². The summed E-state index contributed by atoms with van der Waals surface area (Å²) in [6, 6.07) is 12.5. The Bertz CT molecular complexity index is 1930. The molecule has 7 rings (SSSR count). The summed E-state index contributed by atoms with van der Waals surface area (Å²) in [5.41, 5.74) is 7.80. The van der Waals surface area contributed by atoms with Gasteiger partial charge in [0, 0.05) is 73.1 Å². The van der Waals surface area contributed by atoms with Crippen molar-refractivity contribution in [2.45, 2.75) is 0 Å². The van der Waals surface area contributed by atoms with E-state index in [0.29, 0.717) is 11.8 Å². The van der Waals surface area contributed by atoms with Gasteiger partial charge in [0.15, 0.2) is 0 Å². The van der Waals surface area contributed by atoms with Crippen LogP contribution in [0.3, 0.4) is 0 Å². The van der Waals surface area contributed by atoms with Gasteiger partial charge in [-0.2, -0.15) is 21.3 Å². The number of nitrogens with zero attached hydrogens (tertiary/aromatic N) is 6. The molecule has 1 aliphatic rings. The second-order valence-electron chi connectivity index (χ2n) is 11.0. The van der Waals surface area contributed by atoms with Gasteiger partial charge in [-0.3, -0.25) is 9.97 Å². The van der Waals surface area contributed by atoms with E-state index < -0.39 is 7.92 Å². The summed E-state index contributed by atoms with van der Waals surface area (Å²) in [4.78, 5) is 27.1. The Hall–Kier alpha value is -4.31. The van der Waals surface area contributed by atoms with Crippen molar-refractivity contribution in [3.63, 3.8) is 0 Å². The monoisotopic (exact) mass is 623 g/mol. The maximum Gasteiger partial charge on any atom is 0.231 e. The zero-order valence-electron chi connectivity index (χ0n) is 25.1. The summed E-state index contributed by atoms with van der Waals surface area (Å²) in [6.07, 6.45) is 5.36. The van der Waals surface area contributed by atoms with Crippen LogP contribution >= 0.6 is 19.3 Å². The third kappa shape index (κ3) is 5.43. The van der Waals surface area contributed by atoms with E-state index in [1.54, 1.807) is 30.8 Å². The van der Waals surface area contributed by atoms with Crippen LogP contribution in [0.1, 0.15) is 0 Å². The van der Waals surface area contributed by atoms with Crippen molar-refractivity contribution < 1.29 is 4.74 Å². The molecule has 0 atom stereocenters. The Morgan fingerprint density at radius 2 is 1.80 bits per heavy atom. The molecule has 44 heavy (non-hydrogen) atoms. The minimum Gasteiger partial charge on any atom is -0.494 e. The lowest BCUT2D eigenvalue weighted by Gasteiger charge is -2.35. The predicted molar refractivity (Wildman–Crippen MR) is 184 cm³/mol. The van der Waals surface area contributed by atoms with Crippen molar-refractivity contribution in [3.8, 4) is 16.9 Å². The molecule has 1 aliphatic heterocycles. The smallest absolute Gasteiger partial charge is 0.231 e. The molecule has 2 aromatic carbocycles. The van der Waals surface area contributed by atoms with Crippen LogP contribution in [0.5, 0.6) is 5.75 Å². The number of nitrogens with one attached hydrogen (secondary N) is 3. The van der Waals surface area contributed by atoms with Gasteiger partial charge < -0.3 is 30.2 Å². The second kappa shape index (κ2) is 12.0. The SMILES string of the molecule is COc1cc(N2CCN(C)CC2)c(-c2ccsc2)cc1Nc1nc(Nc2ccc3nccnc3c2P(C)C)c2cc[nH]c2n1. The van der Waals surface area contributed by atoms with Crippen molar-refractivity contribution in [2.24, 2.45) is 0 Å². The molecule has 10 nitrogen and oxygen atoms in total.